The average molecular weight is 157 g/mol. The maximum Gasteiger partial charge on any atom is 0.0723 e. The molecule has 0 bridgehead atoms. The Balaban J connectivity index is 2.36. The van der Waals surface area contributed by atoms with Crippen molar-refractivity contribution in [3.63, 3.8) is 0 Å². The Kier molecular flexibility index (Phi) is 2.55. The van der Waals surface area contributed by atoms with Crippen molar-refractivity contribution in [2.45, 2.75) is 45.8 Å². The third-order valence-electron chi connectivity index (χ3n) is 2.38. The van der Waals surface area contributed by atoms with Crippen LogP contribution >= 0.6 is 0 Å². The van der Waals surface area contributed by atoms with Gasteiger partial charge in [-0.15, -0.1) is 0 Å². The molecular formula is C9H19NO. The van der Waals surface area contributed by atoms with Crippen molar-refractivity contribution in [1.82, 2.24) is 0 Å². The molecule has 0 aliphatic carbocycles. The van der Waals surface area contributed by atoms with Gasteiger partial charge >= 0.3 is 0 Å². The first-order chi connectivity index (χ1) is 5.01. The van der Waals surface area contributed by atoms with E-state index < -0.39 is 0 Å². The molecule has 2 nitrogen and oxygen atoms in total. The van der Waals surface area contributed by atoms with E-state index in [-0.39, 0.29) is 6.04 Å². The summed E-state index contributed by atoms with van der Waals surface area (Å²) in [6.45, 7) is 7.36. The molecule has 2 unspecified atom stereocenters. The van der Waals surface area contributed by atoms with Gasteiger partial charge in [-0.25, -0.2) is 0 Å². The standard InChI is InChI=1S/C9H19NO/c1-7(10)8-4-5-9(2,3)6-11-8/h7-8H,4-6,10H2,1-3H3. The van der Waals surface area contributed by atoms with Gasteiger partial charge in [-0.2, -0.15) is 0 Å². The van der Waals surface area contributed by atoms with Gasteiger partial charge in [0.1, 0.15) is 0 Å². The third kappa shape index (κ3) is 2.46. The molecule has 1 fully saturated rings. The van der Waals surface area contributed by atoms with Crippen LogP contribution < -0.4 is 5.73 Å². The summed E-state index contributed by atoms with van der Waals surface area (Å²) in [5.74, 6) is 0. The fourth-order valence-electron chi connectivity index (χ4n) is 1.44. The summed E-state index contributed by atoms with van der Waals surface area (Å²) in [5.41, 5.74) is 6.10. The average Bonchev–Trinajstić information content (AvgIpc) is 1.86. The number of hydrogen-bond acceptors (Lipinski definition) is 2. The normalized spacial score (nSPS) is 33.3. The molecule has 1 aliphatic heterocycles. The van der Waals surface area contributed by atoms with E-state index >= 15 is 0 Å². The van der Waals surface area contributed by atoms with Crippen LogP contribution in [-0.4, -0.2) is 18.8 Å². The molecule has 0 radical (unpaired) electrons. The number of hydrogen-bond donors (Lipinski definition) is 1. The lowest BCUT2D eigenvalue weighted by Crippen LogP contribution is -2.41. The zero-order valence-electron chi connectivity index (χ0n) is 7.76. The minimum atomic E-state index is 0.186. The lowest BCUT2D eigenvalue weighted by molar-refractivity contribution is -0.0562. The third-order valence-corrected chi connectivity index (χ3v) is 2.38. The van der Waals surface area contributed by atoms with Crippen LogP contribution in [0.4, 0.5) is 0 Å². The van der Waals surface area contributed by atoms with E-state index in [9.17, 15) is 0 Å². The Bertz CT molecular complexity index is 122. The quantitative estimate of drug-likeness (QED) is 0.626. The zero-order valence-corrected chi connectivity index (χ0v) is 7.76. The molecule has 2 heteroatoms. The molecule has 1 rings (SSSR count). The smallest absolute Gasteiger partial charge is 0.0723 e. The highest BCUT2D eigenvalue weighted by Crippen LogP contribution is 2.30. The lowest BCUT2D eigenvalue weighted by atomic mass is 9.84. The van der Waals surface area contributed by atoms with Crippen molar-refractivity contribution in [3.8, 4) is 0 Å². The highest BCUT2D eigenvalue weighted by Gasteiger charge is 2.28. The Morgan fingerprint density at radius 1 is 1.55 bits per heavy atom. The van der Waals surface area contributed by atoms with E-state index in [2.05, 4.69) is 13.8 Å². The molecule has 0 aromatic heterocycles. The predicted octanol–water partition coefficient (Wildman–Crippen LogP) is 1.54. The number of ether oxygens (including phenoxy) is 1. The van der Waals surface area contributed by atoms with Crippen molar-refractivity contribution in [1.29, 1.82) is 0 Å². The van der Waals surface area contributed by atoms with Crippen LogP contribution in [0.3, 0.4) is 0 Å². The van der Waals surface area contributed by atoms with Gasteiger partial charge in [0.2, 0.25) is 0 Å². The summed E-state index contributed by atoms with van der Waals surface area (Å²) in [5, 5.41) is 0. The molecule has 0 aromatic carbocycles. The van der Waals surface area contributed by atoms with Crippen LogP contribution in [0.1, 0.15) is 33.6 Å². The minimum absolute atomic E-state index is 0.186. The Morgan fingerprint density at radius 3 is 2.55 bits per heavy atom. The van der Waals surface area contributed by atoms with Crippen LogP contribution in [-0.2, 0) is 4.74 Å². The van der Waals surface area contributed by atoms with Crippen molar-refractivity contribution in [3.05, 3.63) is 0 Å². The summed E-state index contributed by atoms with van der Waals surface area (Å²) in [6.07, 6.45) is 2.65. The minimum Gasteiger partial charge on any atom is -0.376 e. The first-order valence-electron chi connectivity index (χ1n) is 4.38. The first-order valence-corrected chi connectivity index (χ1v) is 4.38. The van der Waals surface area contributed by atoms with Gasteiger partial charge in [0.05, 0.1) is 12.7 Å². The van der Waals surface area contributed by atoms with E-state index in [0.717, 1.165) is 13.0 Å². The molecule has 0 saturated carbocycles. The SMILES string of the molecule is CC(N)C1CCC(C)(C)CO1. The van der Waals surface area contributed by atoms with Gasteiger partial charge in [0, 0.05) is 6.04 Å². The fourth-order valence-corrected chi connectivity index (χ4v) is 1.44. The predicted molar refractivity (Wildman–Crippen MR) is 46.4 cm³/mol. The van der Waals surface area contributed by atoms with Gasteiger partial charge in [0.15, 0.2) is 0 Å². The molecule has 1 aliphatic rings. The van der Waals surface area contributed by atoms with E-state index in [1.54, 1.807) is 0 Å². The van der Waals surface area contributed by atoms with Crippen molar-refractivity contribution in [2.24, 2.45) is 11.1 Å². The van der Waals surface area contributed by atoms with Crippen molar-refractivity contribution < 1.29 is 4.74 Å². The van der Waals surface area contributed by atoms with Gasteiger partial charge in [-0.3, -0.25) is 0 Å². The maximum absolute atomic E-state index is 5.73. The maximum atomic E-state index is 5.73. The molecule has 66 valence electrons. The summed E-state index contributed by atoms with van der Waals surface area (Å²) < 4.78 is 5.63. The molecule has 0 spiro atoms. The second-order valence-electron chi connectivity index (χ2n) is 4.41. The van der Waals surface area contributed by atoms with Gasteiger partial charge in [-0.05, 0) is 25.2 Å². The van der Waals surface area contributed by atoms with Crippen molar-refractivity contribution in [2.75, 3.05) is 6.61 Å². The number of rotatable bonds is 1. The monoisotopic (exact) mass is 157 g/mol. The summed E-state index contributed by atoms with van der Waals surface area (Å²) in [7, 11) is 0. The Labute approximate surface area is 69.1 Å². The summed E-state index contributed by atoms with van der Waals surface area (Å²) in [6, 6.07) is 0.186. The van der Waals surface area contributed by atoms with Crippen LogP contribution in [0.5, 0.6) is 0 Å². The zero-order chi connectivity index (χ0) is 8.48. The molecule has 1 saturated heterocycles. The van der Waals surface area contributed by atoms with Gasteiger partial charge < -0.3 is 10.5 Å². The van der Waals surface area contributed by atoms with Crippen molar-refractivity contribution >= 4 is 0 Å². The van der Waals surface area contributed by atoms with E-state index in [0.29, 0.717) is 11.5 Å². The molecule has 11 heavy (non-hydrogen) atoms. The van der Waals surface area contributed by atoms with E-state index in [1.807, 2.05) is 6.92 Å². The Hall–Kier alpha value is -0.0800. The molecule has 1 heterocycles. The van der Waals surface area contributed by atoms with Crippen LogP contribution in [0.25, 0.3) is 0 Å². The van der Waals surface area contributed by atoms with Crippen LogP contribution in [0.2, 0.25) is 0 Å². The fraction of sp³-hybridized carbons (Fsp3) is 1.00. The molecule has 2 N–H and O–H groups in total. The van der Waals surface area contributed by atoms with Gasteiger partial charge in [0.25, 0.3) is 0 Å². The highest BCUT2D eigenvalue weighted by molar-refractivity contribution is 4.80. The largest absolute Gasteiger partial charge is 0.376 e. The summed E-state index contributed by atoms with van der Waals surface area (Å²) >= 11 is 0. The Morgan fingerprint density at radius 2 is 2.18 bits per heavy atom. The van der Waals surface area contributed by atoms with Gasteiger partial charge in [-0.1, -0.05) is 13.8 Å². The second kappa shape index (κ2) is 3.11. The molecular weight excluding hydrogens is 138 g/mol. The highest BCUT2D eigenvalue weighted by atomic mass is 16.5. The van der Waals surface area contributed by atoms with E-state index in [4.69, 9.17) is 10.5 Å². The number of nitrogens with two attached hydrogens (primary N) is 1. The van der Waals surface area contributed by atoms with E-state index in [1.165, 1.54) is 6.42 Å². The topological polar surface area (TPSA) is 35.2 Å². The lowest BCUT2D eigenvalue weighted by Gasteiger charge is -2.36. The van der Waals surface area contributed by atoms with Crippen LogP contribution in [0.15, 0.2) is 0 Å². The molecule has 0 amide bonds. The summed E-state index contributed by atoms with van der Waals surface area (Å²) in [4.78, 5) is 0. The molecule has 0 aromatic rings. The molecule has 2 atom stereocenters. The first kappa shape index (κ1) is 9.01. The van der Waals surface area contributed by atoms with Crippen LogP contribution in [0, 0.1) is 5.41 Å². The second-order valence-corrected chi connectivity index (χ2v) is 4.41.